The first-order valence-corrected chi connectivity index (χ1v) is 7.85. The third-order valence-electron chi connectivity index (χ3n) is 2.80. The van der Waals surface area contributed by atoms with Crippen molar-refractivity contribution in [1.82, 2.24) is 0 Å². The lowest BCUT2D eigenvalue weighted by molar-refractivity contribution is -0.135. The van der Waals surface area contributed by atoms with Gasteiger partial charge in [-0.3, -0.25) is 0 Å². The van der Waals surface area contributed by atoms with Crippen LogP contribution in [0.15, 0.2) is 16.6 Å². The number of ether oxygens (including phenoxy) is 1. The van der Waals surface area contributed by atoms with E-state index in [9.17, 15) is 13.2 Å². The Balaban J connectivity index is 2.68. The van der Waals surface area contributed by atoms with Crippen molar-refractivity contribution >= 4 is 33.2 Å². The van der Waals surface area contributed by atoms with Crippen molar-refractivity contribution in [1.29, 1.82) is 0 Å². The van der Waals surface area contributed by atoms with Gasteiger partial charge in [-0.05, 0) is 54.8 Å². The predicted octanol–water partition coefficient (Wildman–Crippen LogP) is 6.03. The maximum Gasteiger partial charge on any atom is 0.389 e. The monoisotopic (exact) mass is 387 g/mol. The van der Waals surface area contributed by atoms with Crippen LogP contribution in [-0.2, 0) is 0 Å². The van der Waals surface area contributed by atoms with E-state index >= 15 is 0 Å². The van der Waals surface area contributed by atoms with Crippen molar-refractivity contribution in [3.8, 4) is 5.75 Å². The van der Waals surface area contributed by atoms with E-state index in [1.807, 2.05) is 13.8 Å². The number of hydrogen-bond donors (Lipinski definition) is 1. The lowest BCUT2D eigenvalue weighted by Gasteiger charge is -2.19. The first kappa shape index (κ1) is 18.4. The molecule has 0 aromatic heterocycles. The Labute approximate surface area is 136 Å². The van der Waals surface area contributed by atoms with Gasteiger partial charge in [0.05, 0.1) is 16.8 Å². The summed E-state index contributed by atoms with van der Waals surface area (Å²) in [4.78, 5) is 0. The van der Waals surface area contributed by atoms with E-state index in [0.717, 1.165) is 0 Å². The molecule has 1 atom stereocenters. The van der Waals surface area contributed by atoms with Gasteiger partial charge < -0.3 is 10.1 Å². The zero-order valence-corrected chi connectivity index (χ0v) is 14.2. The minimum atomic E-state index is -4.10. The second kappa shape index (κ2) is 8.13. The first-order valence-electron chi connectivity index (χ1n) is 6.68. The van der Waals surface area contributed by atoms with E-state index in [0.29, 0.717) is 34.0 Å². The van der Waals surface area contributed by atoms with Gasteiger partial charge in [0, 0.05) is 17.5 Å². The minimum absolute atomic E-state index is 0.0867. The maximum atomic E-state index is 12.1. The fourth-order valence-electron chi connectivity index (χ4n) is 1.90. The van der Waals surface area contributed by atoms with Gasteiger partial charge in [0.25, 0.3) is 0 Å². The molecule has 0 fully saturated rings. The summed E-state index contributed by atoms with van der Waals surface area (Å²) in [6.45, 7) is 4.18. The average molecular weight is 389 g/mol. The van der Waals surface area contributed by atoms with Crippen molar-refractivity contribution in [2.24, 2.45) is 0 Å². The summed E-state index contributed by atoms with van der Waals surface area (Å²) < 4.78 is 42.7. The summed E-state index contributed by atoms with van der Waals surface area (Å²) in [5.74, 6) is 0.615. The largest absolute Gasteiger partial charge is 0.491 e. The molecule has 0 heterocycles. The fraction of sp³-hybridized carbons (Fsp3) is 0.571. The van der Waals surface area contributed by atoms with Crippen molar-refractivity contribution in [3.05, 3.63) is 21.6 Å². The quantitative estimate of drug-likeness (QED) is 0.615. The lowest BCUT2D eigenvalue weighted by Crippen LogP contribution is -2.17. The summed E-state index contributed by atoms with van der Waals surface area (Å²) in [7, 11) is 0. The molecule has 1 rings (SSSR count). The van der Waals surface area contributed by atoms with Crippen LogP contribution in [0.25, 0.3) is 0 Å². The molecule has 0 aliphatic heterocycles. The van der Waals surface area contributed by atoms with Crippen LogP contribution in [0.3, 0.4) is 0 Å². The number of halogens is 5. The molecule has 1 unspecified atom stereocenters. The predicted molar refractivity (Wildman–Crippen MR) is 83.3 cm³/mol. The molecule has 0 saturated heterocycles. The van der Waals surface area contributed by atoms with Gasteiger partial charge in [-0.25, -0.2) is 0 Å². The van der Waals surface area contributed by atoms with E-state index in [-0.39, 0.29) is 12.5 Å². The maximum absolute atomic E-state index is 12.1. The summed E-state index contributed by atoms with van der Waals surface area (Å²) in [6.07, 6.45) is -4.37. The smallest absolute Gasteiger partial charge is 0.389 e. The molecule has 0 radical (unpaired) electrons. The van der Waals surface area contributed by atoms with Gasteiger partial charge in [-0.15, -0.1) is 0 Å². The molecule has 1 N–H and O–H groups in total. The summed E-state index contributed by atoms with van der Waals surface area (Å²) in [5.41, 5.74) is 0.677. The van der Waals surface area contributed by atoms with Crippen LogP contribution < -0.4 is 10.1 Å². The number of rotatable bonds is 7. The van der Waals surface area contributed by atoms with Gasteiger partial charge in [0.1, 0.15) is 0 Å². The summed E-state index contributed by atoms with van der Waals surface area (Å²) in [5, 5.41) is 3.68. The molecule has 0 aliphatic rings. The van der Waals surface area contributed by atoms with Crippen LogP contribution in [0.4, 0.5) is 18.9 Å². The Morgan fingerprint density at radius 2 is 2.05 bits per heavy atom. The molecule has 2 nitrogen and oxygen atoms in total. The molecule has 7 heteroatoms. The van der Waals surface area contributed by atoms with E-state index in [1.54, 1.807) is 12.1 Å². The van der Waals surface area contributed by atoms with Crippen LogP contribution in [0.1, 0.15) is 33.1 Å². The van der Waals surface area contributed by atoms with E-state index in [4.69, 9.17) is 16.3 Å². The molecule has 1 aromatic rings. The Hall–Kier alpha value is -0.620. The normalized spacial score (nSPS) is 13.1. The average Bonchev–Trinajstić information content (AvgIpc) is 2.31. The highest BCUT2D eigenvalue weighted by atomic mass is 79.9. The van der Waals surface area contributed by atoms with E-state index in [2.05, 4.69) is 21.2 Å². The molecular weight excluding hydrogens is 371 g/mol. The fourth-order valence-corrected chi connectivity index (χ4v) is 2.83. The Morgan fingerprint density at radius 1 is 1.38 bits per heavy atom. The SMILES string of the molecule is CCOc1c(Br)cc(Cl)cc1NC(C)CCCC(F)(F)F. The molecule has 0 spiro atoms. The van der Waals surface area contributed by atoms with Gasteiger partial charge in [0.2, 0.25) is 0 Å². The molecule has 0 aliphatic carbocycles. The Bertz CT molecular complexity index is 468. The minimum Gasteiger partial charge on any atom is -0.491 e. The van der Waals surface area contributed by atoms with Crippen molar-refractivity contribution < 1.29 is 17.9 Å². The number of nitrogens with one attached hydrogen (secondary N) is 1. The Kier molecular flexibility index (Phi) is 7.13. The van der Waals surface area contributed by atoms with Crippen LogP contribution in [0, 0.1) is 0 Å². The topological polar surface area (TPSA) is 21.3 Å². The molecule has 1 aromatic carbocycles. The molecule has 0 amide bonds. The number of alkyl halides is 3. The van der Waals surface area contributed by atoms with Gasteiger partial charge in [-0.2, -0.15) is 13.2 Å². The zero-order valence-electron chi connectivity index (χ0n) is 11.9. The van der Waals surface area contributed by atoms with Gasteiger partial charge in [0.15, 0.2) is 5.75 Å². The molecular formula is C14H18BrClF3NO. The van der Waals surface area contributed by atoms with E-state index < -0.39 is 12.6 Å². The van der Waals surface area contributed by atoms with E-state index in [1.165, 1.54) is 0 Å². The van der Waals surface area contributed by atoms with Crippen LogP contribution in [0.5, 0.6) is 5.75 Å². The van der Waals surface area contributed by atoms with Gasteiger partial charge in [-0.1, -0.05) is 11.6 Å². The highest BCUT2D eigenvalue weighted by Crippen LogP contribution is 2.37. The van der Waals surface area contributed by atoms with Crippen molar-refractivity contribution in [2.75, 3.05) is 11.9 Å². The highest BCUT2D eigenvalue weighted by Gasteiger charge is 2.26. The molecule has 120 valence electrons. The first-order chi connectivity index (χ1) is 9.73. The number of anilines is 1. The standard InChI is InChI=1S/C14H18BrClF3NO/c1-3-21-13-11(15)7-10(16)8-12(13)20-9(2)5-4-6-14(17,18)19/h7-9,20H,3-6H2,1-2H3. The zero-order chi connectivity index (χ0) is 16.0. The molecule has 0 saturated carbocycles. The third-order valence-corrected chi connectivity index (χ3v) is 3.60. The number of hydrogen-bond acceptors (Lipinski definition) is 2. The highest BCUT2D eigenvalue weighted by molar-refractivity contribution is 9.10. The number of benzene rings is 1. The Morgan fingerprint density at radius 3 is 2.62 bits per heavy atom. The third kappa shape index (κ3) is 6.78. The summed E-state index contributed by atoms with van der Waals surface area (Å²) in [6, 6.07) is 3.31. The van der Waals surface area contributed by atoms with Crippen molar-refractivity contribution in [3.63, 3.8) is 0 Å². The van der Waals surface area contributed by atoms with Crippen molar-refractivity contribution in [2.45, 2.75) is 45.3 Å². The van der Waals surface area contributed by atoms with Crippen LogP contribution >= 0.6 is 27.5 Å². The summed E-state index contributed by atoms with van der Waals surface area (Å²) >= 11 is 9.37. The molecule has 21 heavy (non-hydrogen) atoms. The molecule has 0 bridgehead atoms. The van der Waals surface area contributed by atoms with Crippen LogP contribution in [-0.4, -0.2) is 18.8 Å². The second-order valence-corrected chi connectivity index (χ2v) is 6.04. The lowest BCUT2D eigenvalue weighted by atomic mass is 10.1. The van der Waals surface area contributed by atoms with Crippen LogP contribution in [0.2, 0.25) is 5.02 Å². The second-order valence-electron chi connectivity index (χ2n) is 4.75. The van der Waals surface area contributed by atoms with Gasteiger partial charge >= 0.3 is 6.18 Å².